The summed E-state index contributed by atoms with van der Waals surface area (Å²) in [6, 6.07) is 8.57. The molecule has 22 heavy (non-hydrogen) atoms. The molecule has 114 valence electrons. The summed E-state index contributed by atoms with van der Waals surface area (Å²) in [5.41, 5.74) is 3.50. The van der Waals surface area contributed by atoms with E-state index in [0.717, 1.165) is 12.1 Å². The molecule has 3 rings (SSSR count). The first-order chi connectivity index (χ1) is 10.6. The van der Waals surface area contributed by atoms with Crippen molar-refractivity contribution in [2.45, 2.75) is 33.2 Å². The third kappa shape index (κ3) is 2.43. The van der Waals surface area contributed by atoms with Gasteiger partial charge in [0.15, 0.2) is 0 Å². The Labute approximate surface area is 130 Å². The van der Waals surface area contributed by atoms with Crippen LogP contribution in [0.3, 0.4) is 0 Å². The zero-order chi connectivity index (χ0) is 15.7. The fourth-order valence-corrected chi connectivity index (χ4v) is 2.85. The van der Waals surface area contributed by atoms with Crippen molar-refractivity contribution in [1.82, 2.24) is 9.97 Å². The van der Waals surface area contributed by atoms with Gasteiger partial charge in [-0.2, -0.15) is 0 Å². The average molecular weight is 297 g/mol. The molecule has 0 radical (unpaired) electrons. The molecule has 0 amide bonds. The normalized spacial score (nSPS) is 16.5. The Morgan fingerprint density at radius 2 is 2.18 bits per heavy atom. The van der Waals surface area contributed by atoms with Gasteiger partial charge in [-0.1, -0.05) is 18.2 Å². The van der Waals surface area contributed by atoms with Gasteiger partial charge in [-0.05, 0) is 38.8 Å². The van der Waals surface area contributed by atoms with Crippen LogP contribution in [-0.2, 0) is 11.2 Å². The molecule has 1 atom stereocenters. The number of aryl methyl sites for hydroxylation is 1. The second-order valence-corrected chi connectivity index (χ2v) is 5.44. The quantitative estimate of drug-likeness (QED) is 0.815. The van der Waals surface area contributed by atoms with Crippen molar-refractivity contribution in [3.63, 3.8) is 0 Å². The first-order valence-electron chi connectivity index (χ1n) is 7.49. The van der Waals surface area contributed by atoms with Gasteiger partial charge >= 0.3 is 5.97 Å². The molecular formula is C17H19N3O2. The van der Waals surface area contributed by atoms with E-state index in [0.29, 0.717) is 29.9 Å². The largest absolute Gasteiger partial charge is 0.462 e. The van der Waals surface area contributed by atoms with E-state index in [-0.39, 0.29) is 5.97 Å². The van der Waals surface area contributed by atoms with Gasteiger partial charge in [0.25, 0.3) is 0 Å². The third-order valence-electron chi connectivity index (χ3n) is 3.88. The van der Waals surface area contributed by atoms with Crippen molar-refractivity contribution in [3.8, 4) is 0 Å². The summed E-state index contributed by atoms with van der Waals surface area (Å²) in [6.07, 6.45) is 2.53. The molecule has 0 aliphatic carbocycles. The number of benzene rings is 1. The molecule has 0 bridgehead atoms. The van der Waals surface area contributed by atoms with Crippen LogP contribution in [-0.4, -0.2) is 28.6 Å². The van der Waals surface area contributed by atoms with Gasteiger partial charge in [-0.25, -0.2) is 14.8 Å². The molecule has 1 aliphatic rings. The highest BCUT2D eigenvalue weighted by molar-refractivity contribution is 5.90. The van der Waals surface area contributed by atoms with E-state index in [4.69, 9.17) is 4.74 Å². The predicted octanol–water partition coefficient (Wildman–Crippen LogP) is 3.04. The number of para-hydroxylation sites is 1. The van der Waals surface area contributed by atoms with Gasteiger partial charge in [0.2, 0.25) is 5.95 Å². The summed E-state index contributed by atoms with van der Waals surface area (Å²) in [5.74, 6) is 0.254. The number of fused-ring (bicyclic) bond motifs is 1. The Kier molecular flexibility index (Phi) is 3.79. The van der Waals surface area contributed by atoms with E-state index in [1.165, 1.54) is 5.56 Å². The number of hydrogen-bond donors (Lipinski definition) is 0. The zero-order valence-corrected chi connectivity index (χ0v) is 13.0. The zero-order valence-electron chi connectivity index (χ0n) is 13.0. The number of aromatic nitrogens is 2. The van der Waals surface area contributed by atoms with Crippen LogP contribution in [0.5, 0.6) is 0 Å². The van der Waals surface area contributed by atoms with Crippen LogP contribution in [0.2, 0.25) is 0 Å². The lowest BCUT2D eigenvalue weighted by molar-refractivity contribution is 0.0524. The predicted molar refractivity (Wildman–Crippen MR) is 84.5 cm³/mol. The molecule has 0 N–H and O–H groups in total. The summed E-state index contributed by atoms with van der Waals surface area (Å²) < 4.78 is 5.02. The average Bonchev–Trinajstić information content (AvgIpc) is 2.83. The van der Waals surface area contributed by atoms with Crippen molar-refractivity contribution < 1.29 is 9.53 Å². The lowest BCUT2D eigenvalue weighted by atomic mass is 10.1. The number of rotatable bonds is 3. The Bertz CT molecular complexity index is 715. The minimum absolute atomic E-state index is 0.297. The van der Waals surface area contributed by atoms with E-state index >= 15 is 0 Å². The van der Waals surface area contributed by atoms with Crippen molar-refractivity contribution in [1.29, 1.82) is 0 Å². The van der Waals surface area contributed by atoms with Gasteiger partial charge in [0.05, 0.1) is 17.9 Å². The molecule has 0 fully saturated rings. The van der Waals surface area contributed by atoms with Gasteiger partial charge < -0.3 is 9.64 Å². The lowest BCUT2D eigenvalue weighted by Crippen LogP contribution is -2.26. The Balaban J connectivity index is 1.96. The van der Waals surface area contributed by atoms with Crippen LogP contribution in [0, 0.1) is 6.92 Å². The van der Waals surface area contributed by atoms with E-state index in [1.54, 1.807) is 13.1 Å². The molecule has 1 aromatic heterocycles. The Hall–Kier alpha value is -2.43. The number of hydrogen-bond acceptors (Lipinski definition) is 5. The number of carbonyl (C=O) groups is 1. The fraction of sp³-hybridized carbons (Fsp3) is 0.353. The van der Waals surface area contributed by atoms with E-state index in [1.807, 2.05) is 19.1 Å². The number of carbonyl (C=O) groups excluding carboxylic acids is 1. The summed E-state index contributed by atoms with van der Waals surface area (Å²) in [4.78, 5) is 22.9. The van der Waals surface area contributed by atoms with Crippen LogP contribution in [0.1, 0.15) is 35.5 Å². The minimum atomic E-state index is -0.374. The van der Waals surface area contributed by atoms with Crippen LogP contribution in [0.25, 0.3) is 0 Å². The molecule has 1 aromatic carbocycles. The van der Waals surface area contributed by atoms with Crippen molar-refractivity contribution in [2.24, 2.45) is 0 Å². The van der Waals surface area contributed by atoms with Crippen LogP contribution in [0.4, 0.5) is 11.6 Å². The van der Waals surface area contributed by atoms with E-state index in [9.17, 15) is 4.79 Å². The van der Waals surface area contributed by atoms with Crippen LogP contribution < -0.4 is 4.90 Å². The topological polar surface area (TPSA) is 55.3 Å². The maximum Gasteiger partial charge on any atom is 0.341 e. The van der Waals surface area contributed by atoms with Crippen molar-refractivity contribution in [3.05, 3.63) is 47.3 Å². The van der Waals surface area contributed by atoms with Crippen LogP contribution in [0.15, 0.2) is 30.5 Å². The number of esters is 1. The molecule has 2 heterocycles. The Morgan fingerprint density at radius 3 is 2.91 bits per heavy atom. The minimum Gasteiger partial charge on any atom is -0.462 e. The molecule has 0 saturated carbocycles. The molecule has 5 nitrogen and oxygen atoms in total. The highest BCUT2D eigenvalue weighted by Crippen LogP contribution is 2.36. The summed E-state index contributed by atoms with van der Waals surface area (Å²) in [7, 11) is 0. The molecule has 0 spiro atoms. The van der Waals surface area contributed by atoms with Crippen LogP contribution >= 0.6 is 0 Å². The summed E-state index contributed by atoms with van der Waals surface area (Å²) >= 11 is 0. The van der Waals surface area contributed by atoms with Crippen molar-refractivity contribution in [2.75, 3.05) is 11.5 Å². The number of ether oxygens (including phenoxy) is 1. The molecule has 1 aliphatic heterocycles. The first-order valence-corrected chi connectivity index (χ1v) is 7.49. The van der Waals surface area contributed by atoms with E-state index in [2.05, 4.69) is 33.9 Å². The summed E-state index contributed by atoms with van der Waals surface area (Å²) in [5, 5.41) is 0. The standard InChI is InChI=1S/C17H19N3O2/c1-4-22-16(21)14-10-18-17(19-12(14)3)20-11(2)9-13-7-5-6-8-15(13)20/h5-8,10-11H,4,9H2,1-3H3/t11-/m0/s1. The van der Waals surface area contributed by atoms with Gasteiger partial charge in [-0.15, -0.1) is 0 Å². The molecular weight excluding hydrogens is 278 g/mol. The van der Waals surface area contributed by atoms with Crippen molar-refractivity contribution >= 4 is 17.6 Å². The molecule has 5 heteroatoms. The first kappa shape index (κ1) is 14.5. The van der Waals surface area contributed by atoms with Gasteiger partial charge in [0, 0.05) is 17.9 Å². The fourth-order valence-electron chi connectivity index (χ4n) is 2.85. The lowest BCUT2D eigenvalue weighted by Gasteiger charge is -2.23. The maximum absolute atomic E-state index is 11.8. The number of anilines is 2. The SMILES string of the molecule is CCOC(=O)c1cnc(N2c3ccccc3C[C@@H]2C)nc1C. The second kappa shape index (κ2) is 5.75. The molecule has 0 saturated heterocycles. The highest BCUT2D eigenvalue weighted by atomic mass is 16.5. The second-order valence-electron chi connectivity index (χ2n) is 5.44. The van der Waals surface area contributed by atoms with Gasteiger partial charge in [-0.3, -0.25) is 0 Å². The summed E-state index contributed by atoms with van der Waals surface area (Å²) in [6.45, 7) is 6.09. The smallest absolute Gasteiger partial charge is 0.341 e. The third-order valence-corrected chi connectivity index (χ3v) is 3.88. The Morgan fingerprint density at radius 1 is 1.41 bits per heavy atom. The monoisotopic (exact) mass is 297 g/mol. The number of nitrogens with zero attached hydrogens (tertiary/aromatic N) is 3. The molecule has 2 aromatic rings. The van der Waals surface area contributed by atoms with Gasteiger partial charge in [0.1, 0.15) is 0 Å². The highest BCUT2D eigenvalue weighted by Gasteiger charge is 2.29. The molecule has 0 unspecified atom stereocenters. The van der Waals surface area contributed by atoms with E-state index < -0.39 is 0 Å². The maximum atomic E-state index is 11.8.